The predicted molar refractivity (Wildman–Crippen MR) is 85.2 cm³/mol. The standard InChI is InChI=1S/C17H24O2Si/c1-16(2,3)13-9-7-12(8-10-13)14-11-15(17(4,5)6)19-20-18-14/h7-11,20H,1-6H3. The van der Waals surface area contributed by atoms with Crippen molar-refractivity contribution < 1.29 is 8.54 Å². The van der Waals surface area contributed by atoms with Crippen molar-refractivity contribution in [2.45, 2.75) is 47.0 Å². The van der Waals surface area contributed by atoms with Crippen LogP contribution in [0.15, 0.2) is 36.1 Å². The van der Waals surface area contributed by atoms with Crippen LogP contribution in [0.3, 0.4) is 0 Å². The van der Waals surface area contributed by atoms with Crippen molar-refractivity contribution in [1.82, 2.24) is 0 Å². The summed E-state index contributed by atoms with van der Waals surface area (Å²) in [6.07, 6.45) is 2.03. The number of carbonyl (C=O) groups excluding carboxylic acids is 1. The fraction of sp³-hybridized carbons (Fsp3) is 0.471. The first-order valence-electron chi connectivity index (χ1n) is 7.03. The lowest BCUT2D eigenvalue weighted by Gasteiger charge is -2.26. The van der Waals surface area contributed by atoms with Gasteiger partial charge in [0, 0.05) is 5.41 Å². The Morgan fingerprint density at radius 2 is 1.50 bits per heavy atom. The van der Waals surface area contributed by atoms with Crippen molar-refractivity contribution in [1.29, 1.82) is 0 Å². The molecule has 0 bridgehead atoms. The van der Waals surface area contributed by atoms with Gasteiger partial charge in [-0.3, -0.25) is 0 Å². The number of benzene rings is 1. The Kier molecular flexibility index (Phi) is 3.92. The summed E-state index contributed by atoms with van der Waals surface area (Å²) in [7, 11) is -0.455. The minimum absolute atomic E-state index is 0.0212. The van der Waals surface area contributed by atoms with Gasteiger partial charge in [-0.2, -0.15) is 0 Å². The maximum Gasteiger partial charge on any atom is 0.440 e. The van der Waals surface area contributed by atoms with Gasteiger partial charge in [-0.1, -0.05) is 53.7 Å². The largest absolute Gasteiger partial charge is 0.621 e. The molecule has 0 saturated heterocycles. The Morgan fingerprint density at radius 1 is 0.900 bits per heavy atom. The highest BCUT2D eigenvalue weighted by atomic mass is 28.2. The molecule has 108 valence electrons. The van der Waals surface area contributed by atoms with Gasteiger partial charge in [0.05, 0.1) is 17.4 Å². The molecule has 0 N–H and O–H groups in total. The second-order valence-electron chi connectivity index (χ2n) is 7.28. The van der Waals surface area contributed by atoms with Crippen molar-refractivity contribution in [2.75, 3.05) is 0 Å². The van der Waals surface area contributed by atoms with Crippen LogP contribution < -0.4 is 0 Å². The van der Waals surface area contributed by atoms with Gasteiger partial charge in [0.2, 0.25) is 0 Å². The summed E-state index contributed by atoms with van der Waals surface area (Å²) in [6, 6.07) is 8.64. The van der Waals surface area contributed by atoms with E-state index >= 15 is 0 Å². The van der Waals surface area contributed by atoms with Crippen LogP contribution in [-0.2, 0) is 9.84 Å². The summed E-state index contributed by atoms with van der Waals surface area (Å²) >= 11 is 0. The van der Waals surface area contributed by atoms with Crippen LogP contribution in [0.2, 0.25) is 0 Å². The fourth-order valence-corrected chi connectivity index (χ4v) is 2.88. The van der Waals surface area contributed by atoms with Crippen molar-refractivity contribution in [3.05, 3.63) is 47.2 Å². The van der Waals surface area contributed by atoms with E-state index in [0.29, 0.717) is 0 Å². The zero-order valence-electron chi connectivity index (χ0n) is 13.3. The van der Waals surface area contributed by atoms with Crippen LogP contribution in [-0.4, -0.2) is 15.8 Å². The third-order valence-corrected chi connectivity index (χ3v) is 4.09. The van der Waals surface area contributed by atoms with E-state index in [9.17, 15) is 0 Å². The molecule has 0 aliphatic carbocycles. The zero-order valence-corrected chi connectivity index (χ0v) is 14.4. The van der Waals surface area contributed by atoms with Crippen molar-refractivity contribution >= 4 is 15.8 Å². The van der Waals surface area contributed by atoms with Gasteiger partial charge in [0.25, 0.3) is 5.78 Å². The van der Waals surface area contributed by atoms with Crippen LogP contribution in [0.5, 0.6) is 0 Å². The maximum absolute atomic E-state index is 5.72. The molecule has 0 spiro atoms. The van der Waals surface area contributed by atoms with Gasteiger partial charge in [-0.15, -0.1) is 0 Å². The first kappa shape index (κ1) is 15.0. The van der Waals surface area contributed by atoms with E-state index < -0.39 is 10.0 Å². The first-order chi connectivity index (χ1) is 9.18. The number of ketones is 1. The Labute approximate surface area is 124 Å². The van der Waals surface area contributed by atoms with Gasteiger partial charge in [0.15, 0.2) is 0 Å². The minimum atomic E-state index is -0.455. The number of allylic oxidation sites excluding steroid dienone is 2. The van der Waals surface area contributed by atoms with Crippen molar-refractivity contribution in [3.8, 4) is 0 Å². The SMILES string of the molecule is CC(C)(C)C1=CC(c2ccc(C(C)(C)C)cc2)=[O+][SiH-]O1. The van der Waals surface area contributed by atoms with Gasteiger partial charge < -0.3 is 8.54 Å². The van der Waals surface area contributed by atoms with Crippen molar-refractivity contribution in [3.63, 3.8) is 0 Å². The second kappa shape index (κ2) is 5.21. The molecule has 0 saturated carbocycles. The summed E-state index contributed by atoms with van der Waals surface area (Å²) < 4.78 is 11.4. The summed E-state index contributed by atoms with van der Waals surface area (Å²) in [5.74, 6) is 1.94. The molecule has 1 aliphatic rings. The smallest absolute Gasteiger partial charge is 0.440 e. The average molecular weight is 288 g/mol. The lowest BCUT2D eigenvalue weighted by Crippen LogP contribution is -2.20. The van der Waals surface area contributed by atoms with E-state index in [-0.39, 0.29) is 10.8 Å². The van der Waals surface area contributed by atoms with Gasteiger partial charge >= 0.3 is 10.0 Å². The van der Waals surface area contributed by atoms with Crippen molar-refractivity contribution in [2.24, 2.45) is 5.41 Å². The van der Waals surface area contributed by atoms with Crippen LogP contribution in [0.4, 0.5) is 0 Å². The average Bonchev–Trinajstić information content (AvgIpc) is 2.37. The molecular weight excluding hydrogens is 264 g/mol. The molecule has 0 atom stereocenters. The number of rotatable bonds is 1. The highest BCUT2D eigenvalue weighted by Crippen LogP contribution is 2.28. The normalized spacial score (nSPS) is 15.9. The Balaban J connectivity index is 2.29. The molecule has 1 aliphatic heterocycles. The summed E-state index contributed by atoms with van der Waals surface area (Å²) in [5, 5.41) is 0. The van der Waals surface area contributed by atoms with E-state index in [1.54, 1.807) is 0 Å². The van der Waals surface area contributed by atoms with E-state index in [1.165, 1.54) is 5.56 Å². The zero-order chi connectivity index (χ0) is 15.0. The topological polar surface area (TPSA) is 20.5 Å². The van der Waals surface area contributed by atoms with E-state index in [0.717, 1.165) is 17.1 Å². The maximum atomic E-state index is 5.72. The van der Waals surface area contributed by atoms with Gasteiger partial charge in [-0.05, 0) is 23.1 Å². The quantitative estimate of drug-likeness (QED) is 0.566. The first-order valence-corrected chi connectivity index (χ1v) is 7.97. The molecule has 1 aromatic rings. The summed E-state index contributed by atoms with van der Waals surface area (Å²) in [4.78, 5) is 0. The molecule has 2 nitrogen and oxygen atoms in total. The number of hydrogen-bond acceptors (Lipinski definition) is 1. The summed E-state index contributed by atoms with van der Waals surface area (Å²) in [5.41, 5.74) is 2.65. The van der Waals surface area contributed by atoms with E-state index in [4.69, 9.17) is 8.54 Å². The minimum Gasteiger partial charge on any atom is -0.621 e. The molecule has 0 aromatic heterocycles. The predicted octanol–water partition coefficient (Wildman–Crippen LogP) is 3.93. The molecule has 1 aromatic carbocycles. The molecule has 1 heterocycles. The molecule has 3 heteroatoms. The molecule has 0 fully saturated rings. The van der Waals surface area contributed by atoms with E-state index in [2.05, 4.69) is 65.8 Å². The van der Waals surface area contributed by atoms with Crippen LogP contribution >= 0.6 is 0 Å². The third kappa shape index (κ3) is 3.40. The highest BCUT2D eigenvalue weighted by molar-refractivity contribution is 6.22. The van der Waals surface area contributed by atoms with Crippen LogP contribution in [0, 0.1) is 5.41 Å². The molecular formula is C17H24O2Si. The molecule has 0 radical (unpaired) electrons. The molecule has 2 rings (SSSR count). The Morgan fingerprint density at radius 3 is 2.00 bits per heavy atom. The second-order valence-corrected chi connectivity index (χ2v) is 7.95. The third-order valence-electron chi connectivity index (χ3n) is 3.39. The Bertz CT molecular complexity index is 540. The monoisotopic (exact) mass is 288 g/mol. The molecule has 0 unspecified atom stereocenters. The van der Waals surface area contributed by atoms with Gasteiger partial charge in [0.1, 0.15) is 0 Å². The fourth-order valence-electron chi connectivity index (χ4n) is 1.99. The Hall–Kier alpha value is -1.35. The van der Waals surface area contributed by atoms with Gasteiger partial charge in [-0.25, -0.2) is 0 Å². The summed E-state index contributed by atoms with van der Waals surface area (Å²) in [6.45, 7) is 13.1. The van der Waals surface area contributed by atoms with E-state index in [1.807, 2.05) is 6.08 Å². The lowest BCUT2D eigenvalue weighted by molar-refractivity contribution is -0.109. The highest BCUT2D eigenvalue weighted by Gasteiger charge is 2.24. The van der Waals surface area contributed by atoms with Crippen LogP contribution in [0.25, 0.3) is 0 Å². The molecule has 20 heavy (non-hydrogen) atoms. The molecule has 0 amide bonds. The number of hydrogen-bond donors (Lipinski definition) is 0. The van der Waals surface area contributed by atoms with Crippen LogP contribution in [0.1, 0.15) is 56.8 Å². The lowest BCUT2D eigenvalue weighted by atomic mass is 9.86.